The van der Waals surface area contributed by atoms with Crippen molar-refractivity contribution in [3.63, 3.8) is 0 Å². The van der Waals surface area contributed by atoms with Crippen molar-refractivity contribution < 1.29 is 13.2 Å². The molecular formula is C23H35NO3S. The van der Waals surface area contributed by atoms with Gasteiger partial charge in [-0.3, -0.25) is 4.79 Å². The first-order chi connectivity index (χ1) is 12.9. The molecule has 0 atom stereocenters. The Labute approximate surface area is 170 Å². The molecule has 0 N–H and O–H groups in total. The number of hydrogen-bond acceptors (Lipinski definition) is 3. The summed E-state index contributed by atoms with van der Waals surface area (Å²) < 4.78 is 23.1. The number of carbonyl (C=O) groups is 1. The van der Waals surface area contributed by atoms with Crippen molar-refractivity contribution in [1.82, 2.24) is 4.90 Å². The molecule has 1 aromatic rings. The molecule has 2 rings (SSSR count). The van der Waals surface area contributed by atoms with E-state index in [2.05, 4.69) is 27.4 Å². The Balaban J connectivity index is 1.74. The summed E-state index contributed by atoms with van der Waals surface area (Å²) in [6, 6.07) is 7.14. The van der Waals surface area contributed by atoms with Crippen LogP contribution in [0.2, 0.25) is 0 Å². The summed E-state index contributed by atoms with van der Waals surface area (Å²) in [6.07, 6.45) is 6.76. The molecule has 0 spiro atoms. The van der Waals surface area contributed by atoms with E-state index in [1.54, 1.807) is 12.1 Å². The second-order valence-corrected chi connectivity index (χ2v) is 11.4. The van der Waals surface area contributed by atoms with E-state index in [0.29, 0.717) is 17.2 Å². The number of amides is 1. The van der Waals surface area contributed by atoms with Gasteiger partial charge in [0.1, 0.15) is 0 Å². The zero-order valence-corrected chi connectivity index (χ0v) is 18.6. The van der Waals surface area contributed by atoms with E-state index in [0.717, 1.165) is 50.8 Å². The van der Waals surface area contributed by atoms with E-state index in [-0.39, 0.29) is 11.3 Å². The third-order valence-electron chi connectivity index (χ3n) is 5.34. The van der Waals surface area contributed by atoms with Crippen LogP contribution in [-0.4, -0.2) is 38.6 Å². The standard InChI is InChI=1S/C23H35NO3S/c1-18(6-7-19-8-10-21(11-9-19)28(5,26)27)16-20-12-14-24(15-13-20)22(25)17-23(2,3)4/h8-11,20H,1,6-7,12-17H2,2-5H3. The lowest BCUT2D eigenvalue weighted by atomic mass is 9.87. The summed E-state index contributed by atoms with van der Waals surface area (Å²) in [6.45, 7) is 12.3. The van der Waals surface area contributed by atoms with E-state index >= 15 is 0 Å². The van der Waals surface area contributed by atoms with Gasteiger partial charge in [0.15, 0.2) is 9.84 Å². The minimum atomic E-state index is -3.14. The van der Waals surface area contributed by atoms with Gasteiger partial charge in [0.05, 0.1) is 4.90 Å². The predicted octanol–water partition coefficient (Wildman–Crippen LogP) is 4.64. The van der Waals surface area contributed by atoms with Crippen molar-refractivity contribution in [1.29, 1.82) is 0 Å². The lowest BCUT2D eigenvalue weighted by Crippen LogP contribution is -2.40. The van der Waals surface area contributed by atoms with Gasteiger partial charge in [0, 0.05) is 25.8 Å². The molecule has 1 heterocycles. The highest BCUT2D eigenvalue weighted by Gasteiger charge is 2.26. The third-order valence-corrected chi connectivity index (χ3v) is 6.47. The van der Waals surface area contributed by atoms with Gasteiger partial charge in [0.25, 0.3) is 0 Å². The van der Waals surface area contributed by atoms with Crippen molar-refractivity contribution in [3.8, 4) is 0 Å². The first-order valence-electron chi connectivity index (χ1n) is 10.2. The van der Waals surface area contributed by atoms with Gasteiger partial charge < -0.3 is 4.90 Å². The molecule has 28 heavy (non-hydrogen) atoms. The lowest BCUT2D eigenvalue weighted by Gasteiger charge is -2.34. The Morgan fingerprint density at radius 2 is 1.71 bits per heavy atom. The van der Waals surface area contributed by atoms with E-state index in [9.17, 15) is 13.2 Å². The molecule has 0 saturated carbocycles. The van der Waals surface area contributed by atoms with Gasteiger partial charge in [0.2, 0.25) is 5.91 Å². The molecule has 0 unspecified atom stereocenters. The van der Waals surface area contributed by atoms with Crippen LogP contribution >= 0.6 is 0 Å². The number of rotatable bonds is 7. The molecule has 1 saturated heterocycles. The van der Waals surface area contributed by atoms with Crippen LogP contribution in [0.25, 0.3) is 0 Å². The molecule has 1 fully saturated rings. The summed E-state index contributed by atoms with van der Waals surface area (Å²) >= 11 is 0. The third kappa shape index (κ3) is 7.42. The lowest BCUT2D eigenvalue weighted by molar-refractivity contribution is -0.134. The molecule has 156 valence electrons. The summed E-state index contributed by atoms with van der Waals surface area (Å²) in [5, 5.41) is 0. The maximum atomic E-state index is 12.4. The Morgan fingerprint density at radius 1 is 1.14 bits per heavy atom. The molecule has 1 amide bonds. The Kier molecular flexibility index (Phi) is 7.49. The molecular weight excluding hydrogens is 370 g/mol. The fraction of sp³-hybridized carbons (Fsp3) is 0.609. The summed E-state index contributed by atoms with van der Waals surface area (Å²) in [5.41, 5.74) is 2.42. The number of sulfone groups is 1. The maximum Gasteiger partial charge on any atom is 0.223 e. The largest absolute Gasteiger partial charge is 0.343 e. The fourth-order valence-corrected chi connectivity index (χ4v) is 4.32. The summed E-state index contributed by atoms with van der Waals surface area (Å²) in [7, 11) is -3.14. The minimum Gasteiger partial charge on any atom is -0.343 e. The van der Waals surface area contributed by atoms with E-state index in [1.165, 1.54) is 11.8 Å². The van der Waals surface area contributed by atoms with Crippen LogP contribution in [0.3, 0.4) is 0 Å². The molecule has 0 aliphatic carbocycles. The number of likely N-dealkylation sites (tertiary alicyclic amines) is 1. The number of carbonyl (C=O) groups excluding carboxylic acids is 1. The molecule has 0 aromatic heterocycles. The molecule has 0 radical (unpaired) electrons. The molecule has 4 nitrogen and oxygen atoms in total. The predicted molar refractivity (Wildman–Crippen MR) is 115 cm³/mol. The normalized spacial score (nSPS) is 16.2. The second-order valence-electron chi connectivity index (χ2n) is 9.43. The van der Waals surface area contributed by atoms with Gasteiger partial charge in [-0.1, -0.05) is 45.1 Å². The van der Waals surface area contributed by atoms with Crippen molar-refractivity contribution >= 4 is 15.7 Å². The van der Waals surface area contributed by atoms with Crippen molar-refractivity contribution in [2.45, 2.75) is 64.2 Å². The zero-order chi connectivity index (χ0) is 20.9. The highest BCUT2D eigenvalue weighted by Crippen LogP contribution is 2.27. The molecule has 0 bridgehead atoms. The van der Waals surface area contributed by atoms with Crippen molar-refractivity contribution in [2.75, 3.05) is 19.3 Å². The first kappa shape index (κ1) is 22.7. The SMILES string of the molecule is C=C(CCc1ccc(S(C)(=O)=O)cc1)CC1CCN(C(=O)CC(C)(C)C)CC1. The van der Waals surface area contributed by atoms with E-state index < -0.39 is 9.84 Å². The van der Waals surface area contributed by atoms with Crippen LogP contribution < -0.4 is 0 Å². The summed E-state index contributed by atoms with van der Waals surface area (Å²) in [4.78, 5) is 14.7. The monoisotopic (exact) mass is 405 g/mol. The van der Waals surface area contributed by atoms with Gasteiger partial charge in [-0.15, -0.1) is 0 Å². The number of benzene rings is 1. The Morgan fingerprint density at radius 3 is 2.21 bits per heavy atom. The maximum absolute atomic E-state index is 12.4. The van der Waals surface area contributed by atoms with Crippen LogP contribution in [0, 0.1) is 11.3 Å². The van der Waals surface area contributed by atoms with E-state index in [4.69, 9.17) is 0 Å². The number of hydrogen-bond donors (Lipinski definition) is 0. The molecule has 1 aromatic carbocycles. The van der Waals surface area contributed by atoms with Crippen LogP contribution in [0.4, 0.5) is 0 Å². The Bertz CT molecular complexity index is 780. The first-order valence-corrected chi connectivity index (χ1v) is 12.1. The quantitative estimate of drug-likeness (QED) is 0.621. The molecule has 1 aliphatic rings. The van der Waals surface area contributed by atoms with E-state index in [1.807, 2.05) is 17.0 Å². The molecule has 1 aliphatic heterocycles. The van der Waals surface area contributed by atoms with Gasteiger partial charge >= 0.3 is 0 Å². The zero-order valence-electron chi connectivity index (χ0n) is 17.8. The number of aryl methyl sites for hydroxylation is 1. The summed E-state index contributed by atoms with van der Waals surface area (Å²) in [5.74, 6) is 0.890. The average molecular weight is 406 g/mol. The van der Waals surface area contributed by atoms with Crippen LogP contribution in [0.1, 0.15) is 58.4 Å². The number of nitrogens with zero attached hydrogens (tertiary/aromatic N) is 1. The van der Waals surface area contributed by atoms with Crippen LogP contribution in [0.15, 0.2) is 41.3 Å². The fourth-order valence-electron chi connectivity index (χ4n) is 3.69. The van der Waals surface area contributed by atoms with Gasteiger partial charge in [-0.25, -0.2) is 8.42 Å². The van der Waals surface area contributed by atoms with Gasteiger partial charge in [-0.05, 0) is 61.1 Å². The Hall–Kier alpha value is -1.62. The minimum absolute atomic E-state index is 0.0434. The van der Waals surface area contributed by atoms with Crippen LogP contribution in [0.5, 0.6) is 0 Å². The second kappa shape index (κ2) is 9.25. The smallest absolute Gasteiger partial charge is 0.223 e. The number of allylic oxidation sites excluding steroid dienone is 1. The topological polar surface area (TPSA) is 54.5 Å². The number of piperidine rings is 1. The average Bonchev–Trinajstić information content (AvgIpc) is 2.59. The molecule has 5 heteroatoms. The van der Waals surface area contributed by atoms with Crippen molar-refractivity contribution in [3.05, 3.63) is 42.0 Å². The van der Waals surface area contributed by atoms with Crippen LogP contribution in [-0.2, 0) is 21.1 Å². The van der Waals surface area contributed by atoms with Gasteiger partial charge in [-0.2, -0.15) is 0 Å². The van der Waals surface area contributed by atoms with Crippen molar-refractivity contribution in [2.24, 2.45) is 11.3 Å². The highest BCUT2D eigenvalue weighted by molar-refractivity contribution is 7.90. The highest BCUT2D eigenvalue weighted by atomic mass is 32.2.